The Morgan fingerprint density at radius 3 is 2.00 bits per heavy atom. The highest BCUT2D eigenvalue weighted by molar-refractivity contribution is 7.80. The van der Waals surface area contributed by atoms with Crippen molar-refractivity contribution in [3.05, 3.63) is 12.2 Å². The number of nitrogens with one attached hydrogen (secondary N) is 1. The van der Waals surface area contributed by atoms with Crippen molar-refractivity contribution in [3.8, 4) is 0 Å². The molecular weight excluding hydrogens is 610 g/mol. The van der Waals surface area contributed by atoms with E-state index in [2.05, 4.69) is 23.3 Å². The molecule has 0 spiro atoms. The minimum Gasteiger partial charge on any atom is -0.394 e. The van der Waals surface area contributed by atoms with E-state index in [0.29, 0.717) is 12.8 Å². The summed E-state index contributed by atoms with van der Waals surface area (Å²) in [6.45, 7) is 3.01. The normalized spacial score (nSPS) is 24.5. The lowest BCUT2D eigenvalue weighted by atomic mass is 9.99. The molecule has 266 valence electrons. The van der Waals surface area contributed by atoms with E-state index in [9.17, 15) is 38.7 Å². The van der Waals surface area contributed by atoms with Gasteiger partial charge >= 0.3 is 10.4 Å². The van der Waals surface area contributed by atoms with Gasteiger partial charge in [-0.1, -0.05) is 109 Å². The summed E-state index contributed by atoms with van der Waals surface area (Å²) in [5.74, 6) is -0.713. The number of carbonyl (C=O) groups excluding carboxylic acids is 1. The minimum absolute atomic E-state index is 0.245. The van der Waals surface area contributed by atoms with Crippen molar-refractivity contribution in [1.82, 2.24) is 5.32 Å². The van der Waals surface area contributed by atoms with E-state index < -0.39 is 78.5 Å². The number of hydrogen-bond acceptors (Lipinski definition) is 11. The summed E-state index contributed by atoms with van der Waals surface area (Å²) in [5.41, 5.74) is 0. The van der Waals surface area contributed by atoms with Gasteiger partial charge in [-0.05, 0) is 19.3 Å². The lowest BCUT2D eigenvalue weighted by molar-refractivity contribution is -0.298. The fourth-order valence-corrected chi connectivity index (χ4v) is 5.67. The van der Waals surface area contributed by atoms with Crippen molar-refractivity contribution in [3.63, 3.8) is 0 Å². The fraction of sp³-hybridized carbons (Fsp3) is 0.903. The Hall–Kier alpha value is -1.20. The summed E-state index contributed by atoms with van der Waals surface area (Å²) in [6.07, 6.45) is 8.25. The lowest BCUT2D eigenvalue weighted by Crippen LogP contribution is -2.61. The van der Waals surface area contributed by atoms with Gasteiger partial charge in [0.15, 0.2) is 6.29 Å². The molecule has 8 atom stereocenters. The molecule has 0 radical (unpaired) electrons. The van der Waals surface area contributed by atoms with E-state index in [0.717, 1.165) is 38.5 Å². The third kappa shape index (κ3) is 18.1. The molecule has 1 rings (SSSR count). The van der Waals surface area contributed by atoms with Crippen LogP contribution in [0.3, 0.4) is 0 Å². The Bertz CT molecular complexity index is 905. The standard InChI is InChI=1S/C31H59NO12S/c1-3-5-7-9-10-11-12-13-14-16-18-20-25(35)30(38)32-23(24(34)19-17-15-8-6-4-2)22-42-31-28(37)29(44-45(39,40)41)27(36)26(21-33)43-31/h17,19,23-29,31,33-37H,3-16,18,20-22H2,1-2H3,(H,32,38)(H,39,40,41)/b19-17+. The van der Waals surface area contributed by atoms with Crippen molar-refractivity contribution < 1.29 is 57.0 Å². The maximum absolute atomic E-state index is 12.8. The molecule has 7 N–H and O–H groups in total. The van der Waals surface area contributed by atoms with E-state index >= 15 is 0 Å². The van der Waals surface area contributed by atoms with Crippen LogP contribution in [0.25, 0.3) is 0 Å². The van der Waals surface area contributed by atoms with E-state index in [-0.39, 0.29) is 6.42 Å². The first-order valence-electron chi connectivity index (χ1n) is 16.7. The van der Waals surface area contributed by atoms with Crippen molar-refractivity contribution in [2.45, 2.75) is 166 Å². The number of hydrogen-bond donors (Lipinski definition) is 7. The van der Waals surface area contributed by atoms with Gasteiger partial charge in [-0.3, -0.25) is 9.35 Å². The maximum atomic E-state index is 12.8. The van der Waals surface area contributed by atoms with Gasteiger partial charge in [0.05, 0.1) is 25.4 Å². The van der Waals surface area contributed by atoms with Gasteiger partial charge in [-0.25, -0.2) is 4.18 Å². The smallest absolute Gasteiger partial charge is 0.394 e. The van der Waals surface area contributed by atoms with Gasteiger partial charge in [-0.2, -0.15) is 8.42 Å². The molecule has 0 aliphatic carbocycles. The molecule has 1 fully saturated rings. The molecule has 1 saturated heterocycles. The predicted molar refractivity (Wildman–Crippen MR) is 168 cm³/mol. The molecule has 13 nitrogen and oxygen atoms in total. The summed E-state index contributed by atoms with van der Waals surface area (Å²) < 4.78 is 46.8. The van der Waals surface area contributed by atoms with Crippen molar-refractivity contribution >= 4 is 16.3 Å². The van der Waals surface area contributed by atoms with E-state index in [4.69, 9.17) is 14.0 Å². The average Bonchev–Trinajstić information content (AvgIpc) is 2.99. The number of rotatable bonds is 26. The van der Waals surface area contributed by atoms with Gasteiger partial charge in [-0.15, -0.1) is 0 Å². The third-order valence-corrected chi connectivity index (χ3v) is 8.39. The average molecular weight is 670 g/mol. The van der Waals surface area contributed by atoms with E-state index in [1.807, 2.05) is 0 Å². The molecule has 1 aliphatic rings. The number of unbranched alkanes of at least 4 members (excludes halogenated alkanes) is 13. The highest BCUT2D eigenvalue weighted by Gasteiger charge is 2.48. The zero-order valence-corrected chi connectivity index (χ0v) is 27.9. The Morgan fingerprint density at radius 2 is 1.44 bits per heavy atom. The van der Waals surface area contributed by atoms with Crippen LogP contribution in [0.4, 0.5) is 0 Å². The van der Waals surface area contributed by atoms with Crippen molar-refractivity contribution in [2.75, 3.05) is 13.2 Å². The Kier molecular flexibility index (Phi) is 22.3. The second-order valence-corrected chi connectivity index (χ2v) is 12.9. The van der Waals surface area contributed by atoms with Crippen LogP contribution in [0.2, 0.25) is 0 Å². The minimum atomic E-state index is -5.10. The van der Waals surface area contributed by atoms with Gasteiger partial charge in [0.2, 0.25) is 5.91 Å². The van der Waals surface area contributed by atoms with Crippen molar-refractivity contribution in [1.29, 1.82) is 0 Å². The highest BCUT2D eigenvalue weighted by atomic mass is 32.3. The molecule has 0 saturated carbocycles. The Balaban J connectivity index is 2.71. The Labute approximate surface area is 269 Å². The molecule has 0 bridgehead atoms. The van der Waals surface area contributed by atoms with Crippen molar-refractivity contribution in [2.24, 2.45) is 0 Å². The fourth-order valence-electron chi connectivity index (χ4n) is 5.16. The molecule has 1 heterocycles. The number of ether oxygens (including phenoxy) is 2. The summed E-state index contributed by atoms with van der Waals surface area (Å²) in [6, 6.07) is -1.11. The van der Waals surface area contributed by atoms with Gasteiger partial charge < -0.3 is 40.3 Å². The van der Waals surface area contributed by atoms with Crippen LogP contribution in [0, 0.1) is 0 Å². The van der Waals surface area contributed by atoms with Crippen LogP contribution in [-0.2, 0) is 28.9 Å². The first-order chi connectivity index (χ1) is 21.4. The van der Waals surface area contributed by atoms with Crippen LogP contribution >= 0.6 is 0 Å². The number of carbonyl (C=O) groups is 1. The van der Waals surface area contributed by atoms with E-state index in [1.165, 1.54) is 51.0 Å². The van der Waals surface area contributed by atoms with Gasteiger partial charge in [0, 0.05) is 0 Å². The van der Waals surface area contributed by atoms with Crippen LogP contribution in [0.1, 0.15) is 117 Å². The topological polar surface area (TPSA) is 212 Å². The zero-order valence-electron chi connectivity index (χ0n) is 27.0. The van der Waals surface area contributed by atoms with Gasteiger partial charge in [0.25, 0.3) is 0 Å². The molecule has 1 aliphatic heterocycles. The Morgan fingerprint density at radius 1 is 0.889 bits per heavy atom. The molecule has 1 amide bonds. The highest BCUT2D eigenvalue weighted by Crippen LogP contribution is 2.26. The molecule has 0 aromatic rings. The molecule has 0 aromatic carbocycles. The SMILES string of the molecule is CCCCC/C=C/C(O)C(COC1OC(CO)C(O)C(OS(=O)(=O)O)C1O)NC(=O)C(O)CCCCCCCCCCCCC. The first-order valence-corrected chi connectivity index (χ1v) is 18.0. The van der Waals surface area contributed by atoms with Crippen LogP contribution in [0.5, 0.6) is 0 Å². The van der Waals surface area contributed by atoms with E-state index in [1.54, 1.807) is 6.08 Å². The van der Waals surface area contributed by atoms with Crippen LogP contribution < -0.4 is 5.32 Å². The number of amides is 1. The maximum Gasteiger partial charge on any atom is 0.397 e. The number of aliphatic hydroxyl groups is 5. The van der Waals surface area contributed by atoms with Gasteiger partial charge in [0.1, 0.15) is 30.5 Å². The summed E-state index contributed by atoms with van der Waals surface area (Å²) in [5, 5.41) is 54.2. The van der Waals surface area contributed by atoms with Crippen LogP contribution in [-0.4, -0.2) is 107 Å². The second-order valence-electron chi connectivity index (χ2n) is 11.9. The van der Waals surface area contributed by atoms with Crippen LogP contribution in [0.15, 0.2) is 12.2 Å². The second kappa shape index (κ2) is 24.0. The monoisotopic (exact) mass is 669 g/mol. The molecule has 0 aromatic heterocycles. The molecular formula is C31H59NO12S. The molecule has 14 heteroatoms. The predicted octanol–water partition coefficient (Wildman–Crippen LogP) is 2.67. The largest absolute Gasteiger partial charge is 0.397 e. The summed E-state index contributed by atoms with van der Waals surface area (Å²) in [4.78, 5) is 12.8. The zero-order chi connectivity index (χ0) is 33.7. The number of allylic oxidation sites excluding steroid dienone is 1. The quantitative estimate of drug-likeness (QED) is 0.0403. The molecule has 45 heavy (non-hydrogen) atoms. The summed E-state index contributed by atoms with van der Waals surface area (Å²) >= 11 is 0. The lowest BCUT2D eigenvalue weighted by Gasteiger charge is -2.41. The molecule has 8 unspecified atom stereocenters. The first kappa shape index (κ1) is 41.8. The third-order valence-electron chi connectivity index (χ3n) is 7.93. The summed E-state index contributed by atoms with van der Waals surface area (Å²) in [7, 11) is -5.10. The number of aliphatic hydroxyl groups excluding tert-OH is 5.